The number of aromatic nitrogens is 3. The fraction of sp³-hybridized carbons (Fsp3) is 0.489. The number of rotatable bonds is 4. The van der Waals surface area contributed by atoms with Crippen LogP contribution in [0.3, 0.4) is 0 Å². The summed E-state index contributed by atoms with van der Waals surface area (Å²) in [4.78, 5) is 62.4. The molecule has 0 saturated heterocycles. The molecule has 0 bridgehead atoms. The highest BCUT2D eigenvalue weighted by Gasteiger charge is 2.27. The van der Waals surface area contributed by atoms with Crippen LogP contribution in [0.5, 0.6) is 0 Å². The monoisotopic (exact) mass is 881 g/mol. The molecule has 0 aliphatic carbocycles. The number of nitrogens with zero attached hydrogens (tertiary/aromatic N) is 7. The Kier molecular flexibility index (Phi) is 14.8. The van der Waals surface area contributed by atoms with Gasteiger partial charge in [0.1, 0.15) is 28.1 Å². The number of carbonyl (C=O) groups excluding carboxylic acids is 4. The molecule has 17 heteroatoms. The summed E-state index contributed by atoms with van der Waals surface area (Å²) in [5, 5.41) is 14.3. The summed E-state index contributed by atoms with van der Waals surface area (Å²) >= 11 is 0. The van der Waals surface area contributed by atoms with E-state index in [1.165, 1.54) is 0 Å². The van der Waals surface area contributed by atoms with E-state index in [2.05, 4.69) is 43.1 Å². The zero-order valence-corrected chi connectivity index (χ0v) is 39.4. The van der Waals surface area contributed by atoms with Gasteiger partial charge < -0.3 is 28.7 Å². The topological polar surface area (TPSA) is 191 Å². The number of carbonyl (C=O) groups is 4. The van der Waals surface area contributed by atoms with Gasteiger partial charge in [-0.3, -0.25) is 10.6 Å². The van der Waals surface area contributed by atoms with Gasteiger partial charge in [-0.25, -0.2) is 23.9 Å². The Morgan fingerprint density at radius 2 is 0.938 bits per heavy atom. The molecule has 0 radical (unpaired) electrons. The Labute approximate surface area is 376 Å². The molecule has 0 fully saturated rings. The van der Waals surface area contributed by atoms with Gasteiger partial charge in [-0.2, -0.15) is 0 Å². The van der Waals surface area contributed by atoms with E-state index in [4.69, 9.17) is 18.9 Å². The van der Waals surface area contributed by atoms with Crippen molar-refractivity contribution in [2.75, 3.05) is 26.2 Å². The molecule has 64 heavy (non-hydrogen) atoms. The minimum atomic E-state index is -0.810. The third kappa shape index (κ3) is 14.5. The fourth-order valence-electron chi connectivity index (χ4n) is 6.64. The maximum Gasteiger partial charge on any atom is 0.437 e. The summed E-state index contributed by atoms with van der Waals surface area (Å²) in [6.07, 6.45) is 2.31. The zero-order valence-electron chi connectivity index (χ0n) is 39.4. The number of alkyl carbamates (subject to hydrolysis) is 2. The van der Waals surface area contributed by atoms with Crippen molar-refractivity contribution < 1.29 is 38.1 Å². The number of nitrogens with one attached hydrogen (secondary N) is 2. The van der Waals surface area contributed by atoms with Crippen molar-refractivity contribution in [1.82, 2.24) is 35.4 Å². The molecule has 2 aliphatic rings. The van der Waals surface area contributed by atoms with Gasteiger partial charge in [-0.15, -0.1) is 15.1 Å². The first-order valence-electron chi connectivity index (χ1n) is 21.4. The molecular weight excluding hydrogens is 819 g/mol. The molecule has 2 N–H and O–H groups in total. The lowest BCUT2D eigenvalue weighted by atomic mass is 9.97. The molecule has 5 rings (SSSR count). The van der Waals surface area contributed by atoms with Gasteiger partial charge in [0, 0.05) is 31.7 Å². The van der Waals surface area contributed by atoms with Crippen molar-refractivity contribution in [3.8, 4) is 16.9 Å². The molecule has 17 nitrogen and oxygen atoms in total. The SMILES string of the molecule is Cc1c(-c2ccc(C3=CCN(C(=NC(=O)OC(C)(C)C)NC(=O)OC(C)(C)C)CC3)cc2)nnn1-c1ccc(C2=CCN(C(=NC(=O)OC(C)(C)C)NC(=O)OC(C)(C)C)CC2)cc1. The summed E-state index contributed by atoms with van der Waals surface area (Å²) in [6, 6.07) is 16.2. The van der Waals surface area contributed by atoms with E-state index in [-0.39, 0.29) is 11.9 Å². The lowest BCUT2D eigenvalue weighted by Crippen LogP contribution is -2.48. The molecule has 344 valence electrons. The second kappa shape index (κ2) is 19.5. The standard InChI is InChI=1S/C47H63N9O8/c1-30-37(35-16-14-31(15-17-35)33-22-26-54(27-23-33)38(48-40(57)61-44(2,3)4)49-41(58)62-45(5,6)7)52-53-56(30)36-20-18-32(19-21-36)34-24-28-55(29-25-34)39(50-42(59)63-46(8,9)10)51-43(60)64-47(11,12)13/h14-22,24H,23,25-29H2,1-13H3,(H,48,49,57,58)(H,50,51,59,60). The predicted molar refractivity (Wildman–Crippen MR) is 246 cm³/mol. The van der Waals surface area contributed by atoms with Crippen LogP contribution in [0.1, 0.15) is 113 Å². The van der Waals surface area contributed by atoms with Gasteiger partial charge >= 0.3 is 24.4 Å². The summed E-state index contributed by atoms with van der Waals surface area (Å²) in [5.41, 5.74) is 4.75. The molecule has 3 heterocycles. The third-order valence-corrected chi connectivity index (χ3v) is 9.33. The lowest BCUT2D eigenvalue weighted by Gasteiger charge is -2.30. The van der Waals surface area contributed by atoms with E-state index in [1.807, 2.05) is 60.2 Å². The molecule has 2 aromatic carbocycles. The lowest BCUT2D eigenvalue weighted by molar-refractivity contribution is 0.0536. The largest absolute Gasteiger partial charge is 0.444 e. The highest BCUT2D eigenvalue weighted by Crippen LogP contribution is 2.29. The highest BCUT2D eigenvalue weighted by atomic mass is 16.6. The Bertz CT molecular complexity index is 2160. The van der Waals surface area contributed by atoms with Crippen molar-refractivity contribution in [3.63, 3.8) is 0 Å². The molecule has 3 aromatic rings. The van der Waals surface area contributed by atoms with Gasteiger partial charge in [0.15, 0.2) is 0 Å². The number of aliphatic imine (C=N–C) groups is 2. The second-order valence-corrected chi connectivity index (χ2v) is 19.5. The second-order valence-electron chi connectivity index (χ2n) is 19.5. The first-order chi connectivity index (χ1) is 29.7. The molecule has 0 atom stereocenters. The normalized spacial score (nSPS) is 15.5. The quantitative estimate of drug-likeness (QED) is 0.144. The van der Waals surface area contributed by atoms with Crippen molar-refractivity contribution in [2.24, 2.45) is 9.98 Å². The smallest absolute Gasteiger partial charge is 0.437 e. The van der Waals surface area contributed by atoms with Crippen molar-refractivity contribution >= 4 is 47.4 Å². The summed E-state index contributed by atoms with van der Waals surface area (Å²) < 4.78 is 23.4. The van der Waals surface area contributed by atoms with Crippen LogP contribution in [0.25, 0.3) is 28.1 Å². The van der Waals surface area contributed by atoms with Gasteiger partial charge in [-0.05, 0) is 137 Å². The maximum absolute atomic E-state index is 12.7. The molecular formula is C47H63N9O8. The molecule has 0 unspecified atom stereocenters. The Morgan fingerprint density at radius 1 is 0.562 bits per heavy atom. The van der Waals surface area contributed by atoms with Gasteiger partial charge in [0.25, 0.3) is 0 Å². The number of amides is 4. The minimum absolute atomic E-state index is 0.0625. The van der Waals surface area contributed by atoms with E-state index >= 15 is 0 Å². The van der Waals surface area contributed by atoms with Crippen LogP contribution in [0.15, 0.2) is 70.7 Å². The average Bonchev–Trinajstić information content (AvgIpc) is 3.55. The van der Waals surface area contributed by atoms with Crippen LogP contribution in [0.2, 0.25) is 0 Å². The molecule has 0 saturated carbocycles. The molecule has 1 aromatic heterocycles. The third-order valence-electron chi connectivity index (χ3n) is 9.33. The van der Waals surface area contributed by atoms with E-state index in [9.17, 15) is 19.2 Å². The predicted octanol–water partition coefficient (Wildman–Crippen LogP) is 9.05. The Balaban J connectivity index is 1.25. The van der Waals surface area contributed by atoms with E-state index in [1.54, 1.807) is 92.9 Å². The van der Waals surface area contributed by atoms with Crippen LogP contribution in [-0.2, 0) is 18.9 Å². The van der Waals surface area contributed by atoms with E-state index < -0.39 is 46.8 Å². The van der Waals surface area contributed by atoms with Crippen LogP contribution in [0.4, 0.5) is 19.2 Å². The number of ether oxygens (including phenoxy) is 4. The first-order valence-corrected chi connectivity index (χ1v) is 21.4. The highest BCUT2D eigenvalue weighted by molar-refractivity contribution is 6.00. The summed E-state index contributed by atoms with van der Waals surface area (Å²) in [7, 11) is 0. The van der Waals surface area contributed by atoms with Gasteiger partial charge in [-0.1, -0.05) is 53.8 Å². The Morgan fingerprint density at radius 3 is 1.30 bits per heavy atom. The van der Waals surface area contributed by atoms with E-state index in [0.717, 1.165) is 44.9 Å². The van der Waals surface area contributed by atoms with Crippen LogP contribution >= 0.6 is 0 Å². The minimum Gasteiger partial charge on any atom is -0.444 e. The van der Waals surface area contributed by atoms with Gasteiger partial charge in [0.05, 0.1) is 11.4 Å². The van der Waals surface area contributed by atoms with Crippen LogP contribution < -0.4 is 10.6 Å². The number of guanidine groups is 2. The van der Waals surface area contributed by atoms with Crippen molar-refractivity contribution in [2.45, 2.75) is 125 Å². The number of hydrogen-bond acceptors (Lipinski definition) is 10. The summed E-state index contributed by atoms with van der Waals surface area (Å²) in [6.45, 7) is 24.8. The first kappa shape index (κ1) is 48.5. The van der Waals surface area contributed by atoms with Crippen molar-refractivity contribution in [3.05, 3.63) is 77.5 Å². The zero-order chi connectivity index (χ0) is 47.2. The fourth-order valence-corrected chi connectivity index (χ4v) is 6.64. The van der Waals surface area contributed by atoms with Crippen LogP contribution in [-0.4, -0.2) is 110 Å². The Hall–Kier alpha value is -6.52. The summed E-state index contributed by atoms with van der Waals surface area (Å²) in [5.74, 6) is 0.126. The molecule has 4 amide bonds. The van der Waals surface area contributed by atoms with Crippen molar-refractivity contribution in [1.29, 1.82) is 0 Å². The average molecular weight is 882 g/mol. The maximum atomic E-state index is 12.7. The number of hydrogen-bond donors (Lipinski definition) is 2. The number of benzene rings is 2. The van der Waals surface area contributed by atoms with E-state index in [0.29, 0.717) is 39.0 Å². The molecule has 2 aliphatic heterocycles. The van der Waals surface area contributed by atoms with Crippen LogP contribution in [0, 0.1) is 6.92 Å². The molecule has 0 spiro atoms. The van der Waals surface area contributed by atoms with Gasteiger partial charge in [0.2, 0.25) is 11.9 Å².